The van der Waals surface area contributed by atoms with Crippen LogP contribution in [-0.4, -0.2) is 30.9 Å². The zero-order valence-corrected chi connectivity index (χ0v) is 11.2. The van der Waals surface area contributed by atoms with E-state index in [9.17, 15) is 9.90 Å². The fraction of sp³-hybridized carbons (Fsp3) is 0.533. The van der Waals surface area contributed by atoms with Crippen LogP contribution in [0.5, 0.6) is 5.75 Å². The molecule has 4 heteroatoms. The molecule has 0 amide bonds. The van der Waals surface area contributed by atoms with Gasteiger partial charge < -0.3 is 14.6 Å². The molecule has 0 atom stereocenters. The van der Waals surface area contributed by atoms with Crippen molar-refractivity contribution in [2.24, 2.45) is 5.41 Å². The van der Waals surface area contributed by atoms with Gasteiger partial charge in [0.1, 0.15) is 5.75 Å². The molecule has 102 valence electrons. The van der Waals surface area contributed by atoms with Crippen LogP contribution < -0.4 is 4.74 Å². The van der Waals surface area contributed by atoms with Crippen molar-refractivity contribution in [1.29, 1.82) is 0 Å². The molecule has 0 spiro atoms. The van der Waals surface area contributed by atoms with Crippen molar-refractivity contribution >= 4 is 5.97 Å². The standard InChI is InChI=1S/C15H18O4/c1-14(2,13(16)17)15(8-18-9-15)11-3-4-12-10(7-11)5-6-19-12/h3-4,7H,5-6,8-9H2,1-2H3,(H,16,17). The fourth-order valence-corrected chi connectivity index (χ4v) is 2.88. The van der Waals surface area contributed by atoms with Gasteiger partial charge in [-0.2, -0.15) is 0 Å². The highest BCUT2D eigenvalue weighted by Crippen LogP contribution is 2.48. The molecule has 1 aromatic rings. The van der Waals surface area contributed by atoms with Crippen molar-refractivity contribution < 1.29 is 19.4 Å². The maximum Gasteiger partial charge on any atom is 0.310 e. The van der Waals surface area contributed by atoms with Crippen LogP contribution >= 0.6 is 0 Å². The Morgan fingerprint density at radius 2 is 2.11 bits per heavy atom. The summed E-state index contributed by atoms with van der Waals surface area (Å²) in [5.41, 5.74) is 0.940. The second-order valence-corrected chi connectivity index (χ2v) is 5.93. The third kappa shape index (κ3) is 1.59. The average molecular weight is 262 g/mol. The van der Waals surface area contributed by atoms with Crippen LogP contribution in [0.4, 0.5) is 0 Å². The van der Waals surface area contributed by atoms with E-state index in [1.54, 1.807) is 13.8 Å². The van der Waals surface area contributed by atoms with Crippen molar-refractivity contribution in [3.05, 3.63) is 29.3 Å². The summed E-state index contributed by atoms with van der Waals surface area (Å²) in [6, 6.07) is 6.03. The van der Waals surface area contributed by atoms with Gasteiger partial charge in [0.2, 0.25) is 0 Å². The molecule has 19 heavy (non-hydrogen) atoms. The van der Waals surface area contributed by atoms with E-state index in [4.69, 9.17) is 9.47 Å². The topological polar surface area (TPSA) is 55.8 Å². The number of hydrogen-bond acceptors (Lipinski definition) is 3. The highest BCUT2D eigenvalue weighted by atomic mass is 16.5. The van der Waals surface area contributed by atoms with Crippen LogP contribution in [0.3, 0.4) is 0 Å². The quantitative estimate of drug-likeness (QED) is 0.905. The predicted octanol–water partition coefficient (Wildman–Crippen LogP) is 2.00. The Balaban J connectivity index is 2.05. The van der Waals surface area contributed by atoms with Crippen molar-refractivity contribution in [3.8, 4) is 5.75 Å². The Labute approximate surface area is 112 Å². The lowest BCUT2D eigenvalue weighted by Crippen LogP contribution is -2.59. The summed E-state index contributed by atoms with van der Waals surface area (Å²) in [5, 5.41) is 9.52. The summed E-state index contributed by atoms with van der Waals surface area (Å²) < 4.78 is 10.9. The number of benzene rings is 1. The lowest BCUT2D eigenvalue weighted by atomic mass is 9.60. The molecule has 0 unspecified atom stereocenters. The maximum atomic E-state index is 11.6. The van der Waals surface area contributed by atoms with Crippen LogP contribution in [0.1, 0.15) is 25.0 Å². The normalized spacial score (nSPS) is 20.3. The van der Waals surface area contributed by atoms with Crippen LogP contribution in [0.15, 0.2) is 18.2 Å². The minimum atomic E-state index is -0.848. The number of rotatable bonds is 3. The summed E-state index contributed by atoms with van der Waals surface area (Å²) in [6.45, 7) is 5.20. The predicted molar refractivity (Wildman–Crippen MR) is 69.6 cm³/mol. The average Bonchev–Trinajstić information content (AvgIpc) is 2.74. The molecule has 0 radical (unpaired) electrons. The van der Waals surface area contributed by atoms with Gasteiger partial charge >= 0.3 is 5.97 Å². The molecule has 0 bridgehead atoms. The highest BCUT2D eigenvalue weighted by molar-refractivity contribution is 5.77. The molecule has 1 saturated heterocycles. The van der Waals surface area contributed by atoms with Crippen LogP contribution in [0.25, 0.3) is 0 Å². The second kappa shape index (κ2) is 3.97. The summed E-state index contributed by atoms with van der Waals surface area (Å²) in [6.07, 6.45) is 0.896. The van der Waals surface area contributed by atoms with E-state index >= 15 is 0 Å². The lowest BCUT2D eigenvalue weighted by Gasteiger charge is -2.50. The Kier molecular flexibility index (Phi) is 2.61. The molecule has 2 heterocycles. The van der Waals surface area contributed by atoms with Crippen molar-refractivity contribution in [2.75, 3.05) is 19.8 Å². The SMILES string of the molecule is CC(C)(C(=O)O)C1(c2ccc3c(c2)CCO3)COC1. The molecule has 1 N–H and O–H groups in total. The van der Waals surface area contributed by atoms with Gasteiger partial charge in [0.25, 0.3) is 0 Å². The third-order valence-corrected chi connectivity index (χ3v) is 4.67. The first-order chi connectivity index (χ1) is 8.97. The van der Waals surface area contributed by atoms with E-state index in [1.165, 1.54) is 5.56 Å². The Morgan fingerprint density at radius 1 is 1.37 bits per heavy atom. The number of aliphatic carboxylic acids is 1. The van der Waals surface area contributed by atoms with Gasteiger partial charge in [-0.3, -0.25) is 4.79 Å². The van der Waals surface area contributed by atoms with Crippen molar-refractivity contribution in [2.45, 2.75) is 25.7 Å². The number of carboxylic acids is 1. The zero-order chi connectivity index (χ0) is 13.7. The van der Waals surface area contributed by atoms with E-state index in [0.29, 0.717) is 19.8 Å². The first kappa shape index (κ1) is 12.5. The van der Waals surface area contributed by atoms with E-state index in [2.05, 4.69) is 6.07 Å². The molecular weight excluding hydrogens is 244 g/mol. The number of carbonyl (C=O) groups is 1. The van der Waals surface area contributed by atoms with E-state index in [0.717, 1.165) is 17.7 Å². The Bertz CT molecular complexity index is 529. The first-order valence-electron chi connectivity index (χ1n) is 6.55. The Morgan fingerprint density at radius 3 is 2.68 bits per heavy atom. The van der Waals surface area contributed by atoms with E-state index in [1.807, 2.05) is 12.1 Å². The first-order valence-corrected chi connectivity index (χ1v) is 6.55. The van der Waals surface area contributed by atoms with Gasteiger partial charge in [0.15, 0.2) is 0 Å². The number of fused-ring (bicyclic) bond motifs is 1. The molecule has 1 fully saturated rings. The van der Waals surface area contributed by atoms with Crippen LogP contribution in [0.2, 0.25) is 0 Å². The largest absolute Gasteiger partial charge is 0.493 e. The van der Waals surface area contributed by atoms with E-state index < -0.39 is 16.8 Å². The number of carboxylic acid groups (broad SMARTS) is 1. The van der Waals surface area contributed by atoms with Crippen molar-refractivity contribution in [1.82, 2.24) is 0 Å². The molecule has 2 aliphatic heterocycles. The van der Waals surface area contributed by atoms with Crippen LogP contribution in [0, 0.1) is 5.41 Å². The van der Waals surface area contributed by atoms with Gasteiger partial charge in [-0.15, -0.1) is 0 Å². The smallest absolute Gasteiger partial charge is 0.310 e. The van der Waals surface area contributed by atoms with Gasteiger partial charge in [0, 0.05) is 6.42 Å². The van der Waals surface area contributed by atoms with Gasteiger partial charge in [0.05, 0.1) is 30.7 Å². The van der Waals surface area contributed by atoms with Gasteiger partial charge in [-0.1, -0.05) is 12.1 Å². The lowest BCUT2D eigenvalue weighted by molar-refractivity contribution is -0.171. The van der Waals surface area contributed by atoms with Crippen LogP contribution in [-0.2, 0) is 21.4 Å². The molecule has 1 aromatic carbocycles. The minimum Gasteiger partial charge on any atom is -0.493 e. The van der Waals surface area contributed by atoms with E-state index in [-0.39, 0.29) is 0 Å². The number of hydrogen-bond donors (Lipinski definition) is 1. The van der Waals surface area contributed by atoms with Gasteiger partial charge in [-0.25, -0.2) is 0 Å². The molecule has 0 aromatic heterocycles. The van der Waals surface area contributed by atoms with Crippen molar-refractivity contribution in [3.63, 3.8) is 0 Å². The summed E-state index contributed by atoms with van der Waals surface area (Å²) in [5.74, 6) is 0.139. The van der Waals surface area contributed by atoms with Gasteiger partial charge in [-0.05, 0) is 31.0 Å². The molecule has 0 aliphatic carbocycles. The second-order valence-electron chi connectivity index (χ2n) is 5.93. The molecule has 0 saturated carbocycles. The summed E-state index contributed by atoms with van der Waals surface area (Å²) in [7, 11) is 0. The fourth-order valence-electron chi connectivity index (χ4n) is 2.88. The highest BCUT2D eigenvalue weighted by Gasteiger charge is 2.56. The Hall–Kier alpha value is -1.55. The maximum absolute atomic E-state index is 11.6. The zero-order valence-electron chi connectivity index (χ0n) is 11.2. The summed E-state index contributed by atoms with van der Waals surface area (Å²) >= 11 is 0. The molecule has 3 rings (SSSR count). The minimum absolute atomic E-state index is 0.434. The molecule has 2 aliphatic rings. The molecule has 4 nitrogen and oxygen atoms in total. The third-order valence-electron chi connectivity index (χ3n) is 4.67. The molecular formula is C15H18O4. The number of ether oxygens (including phenoxy) is 2. The monoisotopic (exact) mass is 262 g/mol. The summed E-state index contributed by atoms with van der Waals surface area (Å²) in [4.78, 5) is 11.6.